The van der Waals surface area contributed by atoms with Gasteiger partial charge in [-0.15, -0.1) is 16.7 Å². The van der Waals surface area contributed by atoms with E-state index >= 15 is 0 Å². The average Bonchev–Trinajstić information content (AvgIpc) is 2.64. The van der Waals surface area contributed by atoms with Crippen LogP contribution in [-0.4, -0.2) is 22.6 Å². The number of hydrogen-bond acceptors (Lipinski definition) is 4. The lowest BCUT2D eigenvalue weighted by molar-refractivity contribution is -0.570. The molecule has 0 N–H and O–H groups in total. The third-order valence-corrected chi connectivity index (χ3v) is 3.16. The summed E-state index contributed by atoms with van der Waals surface area (Å²) in [4.78, 5) is 25.3. The number of allylic oxidation sites excluding steroid dienone is 1. The fraction of sp³-hybridized carbons (Fsp3) is 0.167. The van der Waals surface area contributed by atoms with Crippen molar-refractivity contribution in [3.63, 3.8) is 0 Å². The zero-order valence-electron chi connectivity index (χ0n) is 9.66. The van der Waals surface area contributed by atoms with E-state index in [-0.39, 0.29) is 0 Å². The summed E-state index contributed by atoms with van der Waals surface area (Å²) < 4.78 is 1.27. The van der Waals surface area contributed by atoms with Gasteiger partial charge in [0.25, 0.3) is 0 Å². The molecule has 6 heteroatoms. The van der Waals surface area contributed by atoms with Crippen molar-refractivity contribution in [3.05, 3.63) is 41.2 Å². The maximum absolute atomic E-state index is 12.0. The second-order valence-corrected chi connectivity index (χ2v) is 4.76. The van der Waals surface area contributed by atoms with Crippen LogP contribution >= 0.6 is 11.8 Å². The van der Waals surface area contributed by atoms with Gasteiger partial charge in [0.1, 0.15) is 23.4 Å². The van der Waals surface area contributed by atoms with Crippen molar-refractivity contribution < 1.29 is 14.2 Å². The summed E-state index contributed by atoms with van der Waals surface area (Å²) in [5.41, 5.74) is 0.303. The number of pyridine rings is 1. The Labute approximate surface area is 108 Å². The van der Waals surface area contributed by atoms with Crippen LogP contribution in [-0.2, 0) is 0 Å². The van der Waals surface area contributed by atoms with Gasteiger partial charge in [-0.3, -0.25) is 0 Å². The molecule has 1 aliphatic heterocycles. The molecule has 0 spiro atoms. The molecule has 1 aliphatic rings. The van der Waals surface area contributed by atoms with Gasteiger partial charge in [0, 0.05) is 0 Å². The van der Waals surface area contributed by atoms with Crippen molar-refractivity contribution in [3.8, 4) is 6.07 Å². The second kappa shape index (κ2) is 5.02. The summed E-state index contributed by atoms with van der Waals surface area (Å²) in [6, 6.07) is 6.45. The molecule has 0 saturated heterocycles. The van der Waals surface area contributed by atoms with Crippen LogP contribution in [0.1, 0.15) is 17.4 Å². The molecule has 0 atom stereocenters. The molecule has 0 saturated carbocycles. The van der Waals surface area contributed by atoms with Crippen LogP contribution in [0, 0.1) is 11.3 Å². The number of imide groups is 1. The molecule has 0 bridgehead atoms. The van der Waals surface area contributed by atoms with Gasteiger partial charge >= 0.3 is 11.9 Å². The van der Waals surface area contributed by atoms with Crippen molar-refractivity contribution in [2.75, 3.05) is 5.75 Å². The number of carbonyl (C=O) groups is 2. The number of aromatic nitrogens is 1. The maximum atomic E-state index is 12.0. The van der Waals surface area contributed by atoms with E-state index in [0.29, 0.717) is 16.4 Å². The van der Waals surface area contributed by atoms with Gasteiger partial charge in [-0.05, 0) is 17.9 Å². The third kappa shape index (κ3) is 2.00. The zero-order chi connectivity index (χ0) is 13.1. The number of hydrogen-bond donors (Lipinski definition) is 0. The Balaban J connectivity index is 2.37. The first-order valence-electron chi connectivity index (χ1n) is 5.32. The largest absolute Gasteiger partial charge is 0.511 e. The Morgan fingerprint density at radius 2 is 2.33 bits per heavy atom. The molecular weight excluding hydrogens is 250 g/mol. The van der Waals surface area contributed by atoms with Gasteiger partial charge < -0.3 is 0 Å². The number of rotatable bonds is 3. The SMILES string of the molecule is CCSC(C#N)=CN1C(=O)c2cccc[n+]2C1=O. The van der Waals surface area contributed by atoms with Crippen molar-refractivity contribution in [1.29, 1.82) is 5.26 Å². The Morgan fingerprint density at radius 1 is 1.56 bits per heavy atom. The van der Waals surface area contributed by atoms with E-state index in [1.165, 1.54) is 28.7 Å². The molecule has 0 radical (unpaired) electrons. The monoisotopic (exact) mass is 260 g/mol. The van der Waals surface area contributed by atoms with Gasteiger partial charge in [0.15, 0.2) is 0 Å². The van der Waals surface area contributed by atoms with E-state index in [9.17, 15) is 9.59 Å². The van der Waals surface area contributed by atoms with E-state index in [0.717, 1.165) is 4.90 Å². The fourth-order valence-corrected chi connectivity index (χ4v) is 2.15. The van der Waals surface area contributed by atoms with Gasteiger partial charge in [-0.1, -0.05) is 13.0 Å². The Kier molecular flexibility index (Phi) is 3.44. The van der Waals surface area contributed by atoms with E-state index in [1.807, 2.05) is 13.0 Å². The Morgan fingerprint density at radius 3 is 2.94 bits per heavy atom. The highest BCUT2D eigenvalue weighted by Gasteiger charge is 2.44. The minimum atomic E-state index is -0.458. The van der Waals surface area contributed by atoms with E-state index in [2.05, 4.69) is 0 Å². The molecule has 0 unspecified atom stereocenters. The topological polar surface area (TPSA) is 65.1 Å². The Hall–Kier alpha value is -2.13. The second-order valence-electron chi connectivity index (χ2n) is 3.45. The van der Waals surface area contributed by atoms with Crippen LogP contribution in [0.3, 0.4) is 0 Å². The summed E-state index contributed by atoms with van der Waals surface area (Å²) in [6.45, 7) is 1.90. The summed E-state index contributed by atoms with van der Waals surface area (Å²) in [7, 11) is 0. The van der Waals surface area contributed by atoms with Crippen LogP contribution < -0.4 is 4.57 Å². The molecule has 2 rings (SSSR count). The van der Waals surface area contributed by atoms with E-state index in [1.54, 1.807) is 18.2 Å². The van der Waals surface area contributed by atoms with Gasteiger partial charge in [0.2, 0.25) is 5.69 Å². The minimum Gasteiger partial charge on any atom is -0.236 e. The first-order valence-corrected chi connectivity index (χ1v) is 6.31. The highest BCUT2D eigenvalue weighted by molar-refractivity contribution is 8.03. The minimum absolute atomic E-state index is 0.303. The molecule has 2 amide bonds. The van der Waals surface area contributed by atoms with Gasteiger partial charge in [-0.25, -0.2) is 4.79 Å². The van der Waals surface area contributed by atoms with Gasteiger partial charge in [-0.2, -0.15) is 14.6 Å². The summed E-state index contributed by atoms with van der Waals surface area (Å²) >= 11 is 1.29. The molecule has 0 fully saturated rings. The lowest BCUT2D eigenvalue weighted by Crippen LogP contribution is -2.43. The first kappa shape index (κ1) is 12.3. The number of nitriles is 1. The van der Waals surface area contributed by atoms with Crippen molar-refractivity contribution in [1.82, 2.24) is 4.90 Å². The highest BCUT2D eigenvalue weighted by Crippen LogP contribution is 2.17. The molecule has 0 aromatic carbocycles. The van der Waals surface area contributed by atoms with E-state index < -0.39 is 11.9 Å². The molecule has 1 aromatic heterocycles. The van der Waals surface area contributed by atoms with Crippen LogP contribution in [0.15, 0.2) is 35.5 Å². The molecule has 18 heavy (non-hydrogen) atoms. The summed E-state index contributed by atoms with van der Waals surface area (Å²) in [5.74, 6) is 0.292. The number of amides is 2. The predicted molar refractivity (Wildman–Crippen MR) is 65.4 cm³/mol. The van der Waals surface area contributed by atoms with Crippen LogP contribution in [0.5, 0.6) is 0 Å². The third-order valence-electron chi connectivity index (χ3n) is 2.37. The first-order chi connectivity index (χ1) is 8.69. The molecule has 1 aromatic rings. The summed E-state index contributed by atoms with van der Waals surface area (Å²) in [5, 5.41) is 8.91. The standard InChI is InChI=1S/C12H10N3O2S/c1-2-18-9(7-13)8-15-11(16)10-5-3-4-6-14(10)12(15)17/h3-6,8H,2H2,1H3/q+1. The lowest BCUT2D eigenvalue weighted by atomic mass is 10.3. The van der Waals surface area contributed by atoms with Crippen molar-refractivity contribution >= 4 is 23.7 Å². The van der Waals surface area contributed by atoms with Crippen LogP contribution in [0.2, 0.25) is 0 Å². The van der Waals surface area contributed by atoms with Crippen LogP contribution in [0.4, 0.5) is 4.79 Å². The number of fused-ring (bicyclic) bond motifs is 1. The molecular formula is C12H10N3O2S+. The Bertz CT molecular complexity index is 554. The predicted octanol–water partition coefficient (Wildman–Crippen LogP) is 1.52. The number of thioether (sulfide) groups is 1. The molecule has 0 aliphatic carbocycles. The summed E-state index contributed by atoms with van der Waals surface area (Å²) in [6.07, 6.45) is 2.83. The smallest absolute Gasteiger partial charge is 0.236 e. The average molecular weight is 260 g/mol. The molecule has 2 heterocycles. The lowest BCUT2D eigenvalue weighted by Gasteiger charge is -1.98. The molecule has 90 valence electrons. The van der Waals surface area contributed by atoms with Crippen LogP contribution in [0.25, 0.3) is 0 Å². The fourth-order valence-electron chi connectivity index (χ4n) is 1.60. The quantitative estimate of drug-likeness (QED) is 0.610. The maximum Gasteiger partial charge on any atom is 0.511 e. The van der Waals surface area contributed by atoms with Crippen molar-refractivity contribution in [2.24, 2.45) is 0 Å². The van der Waals surface area contributed by atoms with Crippen molar-refractivity contribution in [2.45, 2.75) is 6.92 Å². The highest BCUT2D eigenvalue weighted by atomic mass is 32.2. The normalized spacial score (nSPS) is 14.7. The van der Waals surface area contributed by atoms with Gasteiger partial charge in [0.05, 0.1) is 0 Å². The number of carbonyl (C=O) groups excluding carboxylic acids is 2. The number of nitrogens with zero attached hydrogens (tertiary/aromatic N) is 3. The molecule has 5 nitrogen and oxygen atoms in total. The van der Waals surface area contributed by atoms with E-state index in [4.69, 9.17) is 5.26 Å². The zero-order valence-corrected chi connectivity index (χ0v) is 10.5.